The summed E-state index contributed by atoms with van der Waals surface area (Å²) < 4.78 is 3.53. The molecule has 11 aromatic rings. The molecule has 222 valence electrons. The molecule has 3 aromatic heterocycles. The van der Waals surface area contributed by atoms with Gasteiger partial charge in [0.15, 0.2) is 0 Å². The highest BCUT2D eigenvalue weighted by molar-refractivity contribution is 7.25. The first-order valence-corrected chi connectivity index (χ1v) is 17.1. The molecule has 0 N–H and O–H groups in total. The van der Waals surface area contributed by atoms with E-state index in [1.54, 1.807) is 11.3 Å². The molecule has 0 atom stereocenters. The standard InChI is InChI=1S/C44H25N3S/c1-5-15-30-26(11-1)22-24-37-39(30)35-23-21-27-12-2-6-16-31(27)42(35)47(37)44-45-41(40-34-19-9-10-20-38(34)48-43(40)46-44)36-25-28-13-3-4-14-29(28)32-17-7-8-18-33(32)36/h1-25H. The Morgan fingerprint density at radius 1 is 0.438 bits per heavy atom. The Balaban J connectivity index is 1.36. The van der Waals surface area contributed by atoms with Crippen molar-refractivity contribution < 1.29 is 0 Å². The molecule has 0 unspecified atom stereocenters. The van der Waals surface area contributed by atoms with Crippen molar-refractivity contribution in [1.29, 1.82) is 0 Å². The van der Waals surface area contributed by atoms with Crippen molar-refractivity contribution in [2.45, 2.75) is 0 Å². The maximum Gasteiger partial charge on any atom is 0.236 e. The van der Waals surface area contributed by atoms with E-state index in [2.05, 4.69) is 156 Å². The van der Waals surface area contributed by atoms with E-state index in [1.165, 1.54) is 63.9 Å². The van der Waals surface area contributed by atoms with Crippen molar-refractivity contribution in [3.05, 3.63) is 152 Å². The molecule has 48 heavy (non-hydrogen) atoms. The molecule has 3 nitrogen and oxygen atoms in total. The van der Waals surface area contributed by atoms with Gasteiger partial charge in [-0.05, 0) is 55.9 Å². The molecule has 0 bridgehead atoms. The van der Waals surface area contributed by atoms with Crippen LogP contribution in [-0.4, -0.2) is 14.5 Å². The zero-order valence-electron chi connectivity index (χ0n) is 25.7. The Kier molecular flexibility index (Phi) is 5.26. The normalized spacial score (nSPS) is 12.2. The molecule has 0 spiro atoms. The van der Waals surface area contributed by atoms with Gasteiger partial charge in [-0.3, -0.25) is 4.57 Å². The summed E-state index contributed by atoms with van der Waals surface area (Å²) in [6, 6.07) is 54.7. The van der Waals surface area contributed by atoms with Gasteiger partial charge in [0.1, 0.15) is 4.83 Å². The minimum absolute atomic E-state index is 0.688. The average molecular weight is 628 g/mol. The average Bonchev–Trinajstić information content (AvgIpc) is 3.70. The second kappa shape index (κ2) is 9.71. The second-order valence-corrected chi connectivity index (χ2v) is 13.6. The van der Waals surface area contributed by atoms with Crippen molar-refractivity contribution in [2.75, 3.05) is 0 Å². The first-order chi connectivity index (χ1) is 23.8. The molecular weight excluding hydrogens is 603 g/mol. The molecule has 0 amide bonds. The second-order valence-electron chi connectivity index (χ2n) is 12.5. The minimum Gasteiger partial charge on any atom is -0.277 e. The molecule has 0 aliphatic heterocycles. The Hall–Kier alpha value is -6.10. The number of aromatic nitrogens is 3. The Morgan fingerprint density at radius 2 is 1.06 bits per heavy atom. The van der Waals surface area contributed by atoms with E-state index in [1.807, 2.05) is 0 Å². The number of benzene rings is 8. The summed E-state index contributed by atoms with van der Waals surface area (Å²) in [7, 11) is 0. The van der Waals surface area contributed by atoms with Crippen LogP contribution in [0.1, 0.15) is 0 Å². The maximum atomic E-state index is 5.64. The monoisotopic (exact) mass is 627 g/mol. The summed E-state index contributed by atoms with van der Waals surface area (Å²) in [5, 5.41) is 14.4. The molecular formula is C44H25N3S. The quantitative estimate of drug-likeness (QED) is 0.179. The largest absolute Gasteiger partial charge is 0.277 e. The number of nitrogens with zero attached hydrogens (tertiary/aromatic N) is 3. The molecule has 0 radical (unpaired) electrons. The Labute approximate surface area is 278 Å². The van der Waals surface area contributed by atoms with Gasteiger partial charge >= 0.3 is 0 Å². The van der Waals surface area contributed by atoms with Crippen molar-refractivity contribution >= 4 is 96.5 Å². The lowest BCUT2D eigenvalue weighted by atomic mass is 9.94. The zero-order chi connectivity index (χ0) is 31.3. The molecule has 11 rings (SSSR count). The van der Waals surface area contributed by atoms with Crippen molar-refractivity contribution in [3.63, 3.8) is 0 Å². The van der Waals surface area contributed by atoms with Crippen molar-refractivity contribution in [3.8, 4) is 17.2 Å². The smallest absolute Gasteiger partial charge is 0.236 e. The van der Waals surface area contributed by atoms with Gasteiger partial charge in [0, 0.05) is 37.2 Å². The van der Waals surface area contributed by atoms with Gasteiger partial charge < -0.3 is 0 Å². The summed E-state index contributed by atoms with van der Waals surface area (Å²) in [6.07, 6.45) is 0. The molecule has 0 aliphatic carbocycles. The number of rotatable bonds is 2. The van der Waals surface area contributed by atoms with Gasteiger partial charge in [-0.15, -0.1) is 11.3 Å². The summed E-state index contributed by atoms with van der Waals surface area (Å²) in [5.74, 6) is 0.688. The SMILES string of the molecule is c1ccc2c(c1)cc(-c1nc(-n3c4ccc5ccccc5c4c4ccc5ccccc5c43)nc3sc4ccccc4c13)c1ccccc12. The third kappa shape index (κ3) is 3.52. The molecule has 0 aliphatic rings. The Morgan fingerprint density at radius 3 is 1.90 bits per heavy atom. The summed E-state index contributed by atoms with van der Waals surface area (Å²) in [6.45, 7) is 0. The van der Waals surface area contributed by atoms with Gasteiger partial charge in [0.25, 0.3) is 0 Å². The number of hydrogen-bond donors (Lipinski definition) is 0. The van der Waals surface area contributed by atoms with Gasteiger partial charge in [0.05, 0.1) is 16.7 Å². The lowest BCUT2D eigenvalue weighted by molar-refractivity contribution is 1.02. The predicted octanol–water partition coefficient (Wildman–Crippen LogP) is 12.2. The third-order valence-electron chi connectivity index (χ3n) is 9.99. The van der Waals surface area contributed by atoms with Crippen molar-refractivity contribution in [1.82, 2.24) is 14.5 Å². The highest BCUT2D eigenvalue weighted by Crippen LogP contribution is 2.44. The lowest BCUT2D eigenvalue weighted by Crippen LogP contribution is -2.03. The first-order valence-electron chi connectivity index (χ1n) is 16.3. The third-order valence-corrected chi connectivity index (χ3v) is 11.1. The fraction of sp³-hybridized carbons (Fsp3) is 0. The predicted molar refractivity (Wildman–Crippen MR) is 205 cm³/mol. The molecule has 4 heteroatoms. The van der Waals surface area contributed by atoms with Crippen LogP contribution in [-0.2, 0) is 0 Å². The zero-order valence-corrected chi connectivity index (χ0v) is 26.5. The van der Waals surface area contributed by atoms with Gasteiger partial charge in [-0.1, -0.05) is 133 Å². The van der Waals surface area contributed by atoms with Crippen LogP contribution in [0.2, 0.25) is 0 Å². The van der Waals surface area contributed by atoms with Crippen LogP contribution in [0.5, 0.6) is 0 Å². The summed E-state index contributed by atoms with van der Waals surface area (Å²) >= 11 is 1.74. The van der Waals surface area contributed by atoms with Gasteiger partial charge in [-0.25, -0.2) is 9.97 Å². The van der Waals surface area contributed by atoms with Crippen LogP contribution in [0.15, 0.2) is 152 Å². The molecule has 0 saturated carbocycles. The highest BCUT2D eigenvalue weighted by Gasteiger charge is 2.23. The van der Waals surface area contributed by atoms with E-state index < -0.39 is 0 Å². The van der Waals surface area contributed by atoms with Crippen LogP contribution in [0.3, 0.4) is 0 Å². The number of hydrogen-bond acceptors (Lipinski definition) is 3. The molecule has 0 fully saturated rings. The van der Waals surface area contributed by atoms with Crippen LogP contribution in [0.25, 0.3) is 102 Å². The molecule has 0 saturated heterocycles. The number of fused-ring (bicyclic) bond motifs is 13. The van der Waals surface area contributed by atoms with E-state index in [0.29, 0.717) is 5.95 Å². The van der Waals surface area contributed by atoms with Crippen LogP contribution in [0.4, 0.5) is 0 Å². The number of thiophene rings is 1. The Bertz CT molecular complexity index is 3130. The van der Waals surface area contributed by atoms with Gasteiger partial charge in [0.2, 0.25) is 5.95 Å². The van der Waals surface area contributed by atoms with Crippen LogP contribution >= 0.6 is 11.3 Å². The fourth-order valence-electron chi connectivity index (χ4n) is 7.91. The van der Waals surface area contributed by atoms with E-state index in [9.17, 15) is 0 Å². The summed E-state index contributed by atoms with van der Waals surface area (Å²) in [4.78, 5) is 12.1. The van der Waals surface area contributed by atoms with Crippen LogP contribution in [0, 0.1) is 0 Å². The van der Waals surface area contributed by atoms with Crippen molar-refractivity contribution in [2.24, 2.45) is 0 Å². The van der Waals surface area contributed by atoms with E-state index >= 15 is 0 Å². The minimum atomic E-state index is 0.688. The van der Waals surface area contributed by atoms with E-state index in [0.717, 1.165) is 32.5 Å². The van der Waals surface area contributed by atoms with Gasteiger partial charge in [-0.2, -0.15) is 0 Å². The highest BCUT2D eigenvalue weighted by atomic mass is 32.1. The molecule has 3 heterocycles. The topological polar surface area (TPSA) is 30.7 Å². The first kappa shape index (κ1) is 26.0. The summed E-state index contributed by atoms with van der Waals surface area (Å²) in [5.41, 5.74) is 4.33. The van der Waals surface area contributed by atoms with Crippen LogP contribution < -0.4 is 0 Å². The lowest BCUT2D eigenvalue weighted by Gasteiger charge is -2.14. The molecule has 8 aromatic carbocycles. The van der Waals surface area contributed by atoms with E-state index in [-0.39, 0.29) is 0 Å². The van der Waals surface area contributed by atoms with E-state index in [4.69, 9.17) is 9.97 Å². The maximum absolute atomic E-state index is 5.64. The fourth-order valence-corrected chi connectivity index (χ4v) is 8.98.